The summed E-state index contributed by atoms with van der Waals surface area (Å²) in [6, 6.07) is 12.9. The van der Waals surface area contributed by atoms with Crippen molar-refractivity contribution in [2.75, 3.05) is 7.11 Å². The van der Waals surface area contributed by atoms with Gasteiger partial charge in [-0.1, -0.05) is 12.1 Å². The van der Waals surface area contributed by atoms with Crippen LogP contribution in [0.4, 0.5) is 17.1 Å². The van der Waals surface area contributed by atoms with Gasteiger partial charge in [-0.3, -0.25) is 35.2 Å². The monoisotopic (exact) mass is 388 g/mol. The van der Waals surface area contributed by atoms with Crippen LogP contribution in [0.2, 0.25) is 0 Å². The summed E-state index contributed by atoms with van der Waals surface area (Å²) in [7, 11) is 1.66. The first-order valence-corrected chi connectivity index (χ1v) is 7.48. The maximum atomic E-state index is 11.1. The van der Waals surface area contributed by atoms with E-state index in [9.17, 15) is 35.4 Å². The van der Waals surface area contributed by atoms with Crippen molar-refractivity contribution in [1.29, 1.82) is 0 Å². The SMILES string of the molecule is CO[n+]1cccc2ccccc21.O=[N+]([O-])c1cc([N+](=O)[O-])c([O-])c([N+](=O)[O-])c1. The van der Waals surface area contributed by atoms with Gasteiger partial charge in [0.25, 0.3) is 22.6 Å². The predicted molar refractivity (Wildman–Crippen MR) is 92.5 cm³/mol. The van der Waals surface area contributed by atoms with E-state index in [0.29, 0.717) is 12.1 Å². The van der Waals surface area contributed by atoms with Gasteiger partial charge in [0.2, 0.25) is 6.20 Å². The molecule has 1 aromatic heterocycles. The lowest BCUT2D eigenvalue weighted by Gasteiger charge is -2.06. The topological polar surface area (TPSA) is 166 Å². The number of hydrogen-bond donors (Lipinski definition) is 0. The molecule has 0 aliphatic heterocycles. The Morgan fingerprint density at radius 3 is 1.89 bits per heavy atom. The molecular formula is C16H12N4O8. The summed E-state index contributed by atoms with van der Waals surface area (Å²) < 4.78 is 1.75. The van der Waals surface area contributed by atoms with Crippen LogP contribution in [0.5, 0.6) is 5.75 Å². The fraction of sp³-hybridized carbons (Fsp3) is 0.0625. The molecule has 0 aliphatic rings. The van der Waals surface area contributed by atoms with E-state index in [0.717, 1.165) is 5.52 Å². The van der Waals surface area contributed by atoms with Crippen LogP contribution in [-0.4, -0.2) is 21.9 Å². The second-order valence-electron chi connectivity index (χ2n) is 5.16. The third kappa shape index (κ3) is 4.24. The molecule has 2 aromatic carbocycles. The zero-order valence-electron chi connectivity index (χ0n) is 14.3. The number of non-ortho nitro benzene ring substituents is 1. The van der Waals surface area contributed by atoms with E-state index in [1.54, 1.807) is 11.8 Å². The summed E-state index contributed by atoms with van der Waals surface area (Å²) in [5.41, 5.74) is -2.18. The predicted octanol–water partition coefficient (Wildman–Crippen LogP) is 1.67. The molecule has 0 atom stereocenters. The number of hydrogen-bond acceptors (Lipinski definition) is 8. The van der Waals surface area contributed by atoms with Gasteiger partial charge in [-0.05, 0) is 12.1 Å². The van der Waals surface area contributed by atoms with Gasteiger partial charge in [0.05, 0.1) is 38.0 Å². The maximum Gasteiger partial charge on any atom is 0.283 e. The Morgan fingerprint density at radius 2 is 1.39 bits per heavy atom. The van der Waals surface area contributed by atoms with E-state index >= 15 is 0 Å². The first kappa shape index (κ1) is 20.0. The highest BCUT2D eigenvalue weighted by molar-refractivity contribution is 5.74. The normalized spacial score (nSPS) is 9.89. The number of rotatable bonds is 4. The average molecular weight is 388 g/mol. The first-order valence-electron chi connectivity index (χ1n) is 7.48. The summed E-state index contributed by atoms with van der Waals surface area (Å²) in [6.45, 7) is 0. The van der Waals surface area contributed by atoms with Gasteiger partial charge in [-0.2, -0.15) is 0 Å². The Morgan fingerprint density at radius 1 is 0.857 bits per heavy atom. The summed E-state index contributed by atoms with van der Waals surface area (Å²) in [5, 5.41) is 43.3. The largest absolute Gasteiger partial charge is 0.863 e. The molecule has 0 fully saturated rings. The lowest BCUT2D eigenvalue weighted by atomic mass is 10.2. The number of nitro benzene ring substituents is 3. The van der Waals surface area contributed by atoms with Crippen molar-refractivity contribution in [2.45, 2.75) is 0 Å². The number of nitrogens with zero attached hydrogens (tertiary/aromatic N) is 4. The van der Waals surface area contributed by atoms with Crippen molar-refractivity contribution in [1.82, 2.24) is 0 Å². The Bertz CT molecular complexity index is 1030. The maximum absolute atomic E-state index is 11.1. The molecule has 12 nitrogen and oxygen atoms in total. The third-order valence-electron chi connectivity index (χ3n) is 3.51. The van der Waals surface area contributed by atoms with E-state index in [2.05, 4.69) is 12.1 Å². The first-order chi connectivity index (χ1) is 13.3. The lowest BCUT2D eigenvalue weighted by Crippen LogP contribution is -2.40. The van der Waals surface area contributed by atoms with Crippen LogP contribution in [0, 0.1) is 30.3 Å². The summed E-state index contributed by atoms with van der Waals surface area (Å²) >= 11 is 0. The number of nitro groups is 3. The standard InChI is InChI=1S/C10H10NO.C6H3N3O7/c1-12-11-8-4-6-9-5-2-3-7-10(9)11;10-6-4(8(13)14)1-3(7(11)12)2-5(6)9(15)16/h2-8H,1H3;1-2,10H/q+1;/p-1. The van der Waals surface area contributed by atoms with Crippen LogP contribution >= 0.6 is 0 Å². The van der Waals surface area contributed by atoms with Gasteiger partial charge < -0.3 is 5.11 Å². The van der Waals surface area contributed by atoms with Crippen molar-refractivity contribution in [3.05, 3.63) is 85.1 Å². The van der Waals surface area contributed by atoms with Crippen LogP contribution < -0.4 is 14.7 Å². The van der Waals surface area contributed by atoms with Crippen LogP contribution in [-0.2, 0) is 0 Å². The van der Waals surface area contributed by atoms with Gasteiger partial charge in [0, 0.05) is 16.9 Å². The number of fused-ring (bicyclic) bond motifs is 1. The van der Waals surface area contributed by atoms with Crippen molar-refractivity contribution in [3.8, 4) is 5.75 Å². The summed E-state index contributed by atoms with van der Waals surface area (Å²) in [6.07, 6.45) is 1.89. The Balaban J connectivity index is 0.000000207. The number of aromatic nitrogens is 1. The van der Waals surface area contributed by atoms with Gasteiger partial charge >= 0.3 is 0 Å². The van der Waals surface area contributed by atoms with Crippen LogP contribution in [0.1, 0.15) is 0 Å². The van der Waals surface area contributed by atoms with Crippen LogP contribution in [0.25, 0.3) is 10.9 Å². The molecule has 28 heavy (non-hydrogen) atoms. The lowest BCUT2D eigenvalue weighted by molar-refractivity contribution is -0.865. The van der Waals surface area contributed by atoms with Crippen molar-refractivity contribution in [2.24, 2.45) is 0 Å². The zero-order chi connectivity index (χ0) is 20.8. The Kier molecular flexibility index (Phi) is 5.96. The van der Waals surface area contributed by atoms with Gasteiger partial charge in [-0.25, -0.2) is 0 Å². The molecule has 0 radical (unpaired) electrons. The van der Waals surface area contributed by atoms with E-state index in [1.165, 1.54) is 5.39 Å². The fourth-order valence-electron chi connectivity index (χ4n) is 2.25. The molecule has 0 amide bonds. The molecule has 0 N–H and O–H groups in total. The molecule has 1 heterocycles. The quantitative estimate of drug-likeness (QED) is 0.369. The Labute approximate surface area is 156 Å². The summed E-state index contributed by atoms with van der Waals surface area (Å²) in [4.78, 5) is 32.7. The van der Waals surface area contributed by atoms with E-state index in [1.807, 2.05) is 30.5 Å². The molecule has 0 saturated heterocycles. The number of benzene rings is 2. The highest BCUT2D eigenvalue weighted by atomic mass is 16.6. The number of pyridine rings is 1. The molecule has 144 valence electrons. The minimum atomic E-state index is -1.46. The smallest absolute Gasteiger partial charge is 0.283 e. The van der Waals surface area contributed by atoms with E-state index in [4.69, 9.17) is 4.84 Å². The van der Waals surface area contributed by atoms with Crippen molar-refractivity contribution < 1.29 is 29.4 Å². The molecule has 0 saturated carbocycles. The fourth-order valence-corrected chi connectivity index (χ4v) is 2.25. The molecule has 3 aromatic rings. The highest BCUT2D eigenvalue weighted by Gasteiger charge is 2.24. The van der Waals surface area contributed by atoms with Gasteiger partial charge in [-0.15, -0.1) is 0 Å². The molecule has 0 bridgehead atoms. The second-order valence-corrected chi connectivity index (χ2v) is 5.16. The highest BCUT2D eigenvalue weighted by Crippen LogP contribution is 2.36. The van der Waals surface area contributed by atoms with Gasteiger partial charge in [0.15, 0.2) is 0 Å². The molecule has 3 rings (SSSR count). The Hall–Kier alpha value is -4.35. The van der Waals surface area contributed by atoms with Gasteiger partial charge in [0.1, 0.15) is 7.11 Å². The number of para-hydroxylation sites is 1. The van der Waals surface area contributed by atoms with E-state index in [-0.39, 0.29) is 0 Å². The van der Waals surface area contributed by atoms with E-state index < -0.39 is 37.6 Å². The molecule has 0 unspecified atom stereocenters. The molecular weight excluding hydrogens is 376 g/mol. The van der Waals surface area contributed by atoms with Crippen molar-refractivity contribution in [3.63, 3.8) is 0 Å². The van der Waals surface area contributed by atoms with Crippen LogP contribution in [0.3, 0.4) is 0 Å². The second kappa shape index (κ2) is 8.35. The molecule has 12 heteroatoms. The molecule has 0 spiro atoms. The third-order valence-corrected chi connectivity index (χ3v) is 3.51. The van der Waals surface area contributed by atoms with Crippen molar-refractivity contribution >= 4 is 28.0 Å². The average Bonchev–Trinajstić information content (AvgIpc) is 2.67. The van der Waals surface area contributed by atoms with Crippen LogP contribution in [0.15, 0.2) is 54.7 Å². The minimum absolute atomic E-state index is 0.384. The minimum Gasteiger partial charge on any atom is -0.863 e. The molecule has 0 aliphatic carbocycles. The summed E-state index contributed by atoms with van der Waals surface area (Å²) in [5.74, 6) is -1.46. The zero-order valence-corrected chi connectivity index (χ0v) is 14.3.